The average molecular weight is 330 g/mol. The quantitative estimate of drug-likeness (QED) is 0.372. The SMILES string of the molecule is NNC(=O)C(=O)N1CCN(c2ccc(C3CCCCC3)cc2)CC1. The highest BCUT2D eigenvalue weighted by atomic mass is 16.2. The number of rotatable bonds is 2. The molecule has 0 bridgehead atoms. The average Bonchev–Trinajstić information content (AvgIpc) is 2.68. The molecule has 24 heavy (non-hydrogen) atoms. The lowest BCUT2D eigenvalue weighted by Crippen LogP contribution is -2.53. The van der Waals surface area contributed by atoms with Crippen molar-refractivity contribution < 1.29 is 9.59 Å². The molecule has 0 radical (unpaired) electrons. The number of hydrogen-bond acceptors (Lipinski definition) is 4. The third kappa shape index (κ3) is 3.70. The van der Waals surface area contributed by atoms with Crippen molar-refractivity contribution in [1.82, 2.24) is 10.3 Å². The van der Waals surface area contributed by atoms with Gasteiger partial charge in [-0.15, -0.1) is 0 Å². The Labute approximate surface area is 143 Å². The maximum Gasteiger partial charge on any atom is 0.323 e. The summed E-state index contributed by atoms with van der Waals surface area (Å²) in [5, 5.41) is 0. The second kappa shape index (κ2) is 7.66. The maximum absolute atomic E-state index is 11.8. The second-order valence-electron chi connectivity index (χ2n) is 6.68. The molecule has 2 amide bonds. The fraction of sp³-hybridized carbons (Fsp3) is 0.556. The fourth-order valence-electron chi connectivity index (χ4n) is 3.77. The highest BCUT2D eigenvalue weighted by Gasteiger charge is 2.25. The van der Waals surface area contributed by atoms with Crippen molar-refractivity contribution in [2.75, 3.05) is 31.1 Å². The summed E-state index contributed by atoms with van der Waals surface area (Å²) in [6.45, 7) is 2.53. The zero-order valence-electron chi connectivity index (χ0n) is 14.0. The minimum Gasteiger partial charge on any atom is -0.368 e. The summed E-state index contributed by atoms with van der Waals surface area (Å²) in [6.07, 6.45) is 6.68. The van der Waals surface area contributed by atoms with E-state index in [0.29, 0.717) is 13.1 Å². The summed E-state index contributed by atoms with van der Waals surface area (Å²) in [4.78, 5) is 26.9. The van der Waals surface area contributed by atoms with Gasteiger partial charge in [-0.25, -0.2) is 5.84 Å². The minimum atomic E-state index is -0.750. The normalized spacial score (nSPS) is 19.2. The maximum atomic E-state index is 11.8. The molecule has 2 fully saturated rings. The molecule has 6 nitrogen and oxygen atoms in total. The Bertz CT molecular complexity index is 573. The van der Waals surface area contributed by atoms with E-state index in [4.69, 9.17) is 5.84 Å². The number of hydrogen-bond donors (Lipinski definition) is 2. The number of benzene rings is 1. The van der Waals surface area contributed by atoms with Gasteiger partial charge in [-0.3, -0.25) is 15.0 Å². The number of nitrogens with one attached hydrogen (secondary N) is 1. The molecule has 130 valence electrons. The van der Waals surface area contributed by atoms with Crippen molar-refractivity contribution in [3.63, 3.8) is 0 Å². The number of carbonyl (C=O) groups is 2. The molecule has 1 aliphatic heterocycles. The van der Waals surface area contributed by atoms with Crippen LogP contribution in [0.4, 0.5) is 5.69 Å². The van der Waals surface area contributed by atoms with Gasteiger partial charge < -0.3 is 9.80 Å². The first kappa shape index (κ1) is 16.8. The fourth-order valence-corrected chi connectivity index (χ4v) is 3.77. The summed E-state index contributed by atoms with van der Waals surface area (Å²) < 4.78 is 0. The summed E-state index contributed by atoms with van der Waals surface area (Å²) in [6, 6.07) is 8.89. The number of nitrogens with two attached hydrogens (primary N) is 1. The van der Waals surface area contributed by atoms with Crippen LogP contribution in [0.15, 0.2) is 24.3 Å². The molecule has 3 rings (SSSR count). The van der Waals surface area contributed by atoms with Crippen LogP contribution >= 0.6 is 0 Å². The smallest absolute Gasteiger partial charge is 0.323 e. The van der Waals surface area contributed by atoms with Gasteiger partial charge in [0.25, 0.3) is 0 Å². The van der Waals surface area contributed by atoms with E-state index in [2.05, 4.69) is 29.2 Å². The van der Waals surface area contributed by atoms with Gasteiger partial charge in [-0.05, 0) is 36.5 Å². The Kier molecular flexibility index (Phi) is 5.35. The van der Waals surface area contributed by atoms with Gasteiger partial charge in [0.2, 0.25) is 0 Å². The van der Waals surface area contributed by atoms with Crippen LogP contribution in [0, 0.1) is 0 Å². The van der Waals surface area contributed by atoms with Gasteiger partial charge >= 0.3 is 11.8 Å². The van der Waals surface area contributed by atoms with Crippen molar-refractivity contribution in [3.8, 4) is 0 Å². The lowest BCUT2D eigenvalue weighted by molar-refractivity contribution is -0.146. The summed E-state index contributed by atoms with van der Waals surface area (Å²) >= 11 is 0. The zero-order chi connectivity index (χ0) is 16.9. The predicted molar refractivity (Wildman–Crippen MR) is 93.4 cm³/mol. The van der Waals surface area contributed by atoms with Crippen molar-refractivity contribution in [2.24, 2.45) is 5.84 Å². The third-order valence-corrected chi connectivity index (χ3v) is 5.23. The Balaban J connectivity index is 1.56. The molecule has 0 atom stereocenters. The molecule has 3 N–H and O–H groups in total. The van der Waals surface area contributed by atoms with E-state index in [1.807, 2.05) is 5.43 Å². The highest BCUT2D eigenvalue weighted by Crippen LogP contribution is 2.33. The molecule has 1 aromatic carbocycles. The number of piperazine rings is 1. The monoisotopic (exact) mass is 330 g/mol. The van der Waals surface area contributed by atoms with E-state index in [1.165, 1.54) is 43.4 Å². The Hall–Kier alpha value is -2.08. The van der Waals surface area contributed by atoms with E-state index in [0.717, 1.165) is 19.0 Å². The van der Waals surface area contributed by atoms with Crippen LogP contribution in [0.25, 0.3) is 0 Å². The Morgan fingerprint density at radius 1 is 0.958 bits per heavy atom. The molecule has 2 aliphatic rings. The van der Waals surface area contributed by atoms with E-state index < -0.39 is 11.8 Å². The lowest BCUT2D eigenvalue weighted by Gasteiger charge is -2.35. The van der Waals surface area contributed by atoms with Crippen LogP contribution in [-0.2, 0) is 9.59 Å². The lowest BCUT2D eigenvalue weighted by atomic mass is 9.84. The van der Waals surface area contributed by atoms with Crippen LogP contribution in [0.3, 0.4) is 0 Å². The first-order valence-electron chi connectivity index (χ1n) is 8.84. The van der Waals surface area contributed by atoms with Gasteiger partial charge in [-0.1, -0.05) is 31.4 Å². The van der Waals surface area contributed by atoms with Crippen LogP contribution in [0.1, 0.15) is 43.6 Å². The van der Waals surface area contributed by atoms with E-state index in [9.17, 15) is 9.59 Å². The van der Waals surface area contributed by atoms with Crippen molar-refractivity contribution >= 4 is 17.5 Å². The molecule has 1 heterocycles. The molecule has 1 aromatic rings. The number of hydrazine groups is 1. The molecule has 1 aliphatic carbocycles. The van der Waals surface area contributed by atoms with E-state index in [-0.39, 0.29) is 0 Å². The molecular weight excluding hydrogens is 304 g/mol. The van der Waals surface area contributed by atoms with Gasteiger partial charge in [-0.2, -0.15) is 0 Å². The highest BCUT2D eigenvalue weighted by molar-refractivity contribution is 6.34. The van der Waals surface area contributed by atoms with Gasteiger partial charge in [0.1, 0.15) is 0 Å². The Morgan fingerprint density at radius 2 is 1.58 bits per heavy atom. The predicted octanol–water partition coefficient (Wildman–Crippen LogP) is 1.37. The molecule has 6 heteroatoms. The second-order valence-corrected chi connectivity index (χ2v) is 6.68. The zero-order valence-corrected chi connectivity index (χ0v) is 14.0. The van der Waals surface area contributed by atoms with E-state index in [1.54, 1.807) is 4.90 Å². The summed E-state index contributed by atoms with van der Waals surface area (Å²) in [5.41, 5.74) is 4.53. The minimum absolute atomic E-state index is 0.538. The summed E-state index contributed by atoms with van der Waals surface area (Å²) in [5.74, 6) is 4.43. The van der Waals surface area contributed by atoms with Crippen molar-refractivity contribution in [1.29, 1.82) is 0 Å². The van der Waals surface area contributed by atoms with Gasteiger partial charge in [0, 0.05) is 31.9 Å². The number of amides is 2. The molecule has 0 aromatic heterocycles. The van der Waals surface area contributed by atoms with Crippen molar-refractivity contribution in [3.05, 3.63) is 29.8 Å². The van der Waals surface area contributed by atoms with Crippen LogP contribution < -0.4 is 16.2 Å². The molecule has 0 spiro atoms. The largest absolute Gasteiger partial charge is 0.368 e. The number of nitrogens with zero attached hydrogens (tertiary/aromatic N) is 2. The molecule has 0 unspecified atom stereocenters. The first-order valence-corrected chi connectivity index (χ1v) is 8.84. The van der Waals surface area contributed by atoms with Gasteiger partial charge in [0.05, 0.1) is 0 Å². The van der Waals surface area contributed by atoms with E-state index >= 15 is 0 Å². The number of anilines is 1. The first-order chi connectivity index (χ1) is 11.7. The molecule has 1 saturated carbocycles. The van der Waals surface area contributed by atoms with Crippen LogP contribution in [0.2, 0.25) is 0 Å². The van der Waals surface area contributed by atoms with Crippen LogP contribution in [-0.4, -0.2) is 42.9 Å². The van der Waals surface area contributed by atoms with Gasteiger partial charge in [0.15, 0.2) is 0 Å². The number of carbonyl (C=O) groups excluding carboxylic acids is 2. The van der Waals surface area contributed by atoms with Crippen LogP contribution in [0.5, 0.6) is 0 Å². The molecular formula is C18H26N4O2. The Morgan fingerprint density at radius 3 is 2.17 bits per heavy atom. The topological polar surface area (TPSA) is 78.7 Å². The standard InChI is InChI=1S/C18H26N4O2/c19-20-17(23)18(24)22-12-10-21(11-13-22)16-8-6-15(7-9-16)14-4-2-1-3-5-14/h6-9,14H,1-5,10-13,19H2,(H,20,23). The van der Waals surface area contributed by atoms with Crippen molar-refractivity contribution in [2.45, 2.75) is 38.0 Å². The summed E-state index contributed by atoms with van der Waals surface area (Å²) in [7, 11) is 0. The third-order valence-electron chi connectivity index (χ3n) is 5.23. The molecule has 1 saturated heterocycles.